The molecule has 1 aromatic carbocycles. The molecule has 1 N–H and O–H groups in total. The Morgan fingerprint density at radius 3 is 3.00 bits per heavy atom. The standard InChI is InChI=1S/C12H11NO3S/c1-8-9(12(14)15)3-2-4-10(8)16-7-11-13-5-6-17-11/h2-6H,7H2,1H3,(H,14,15). The van der Waals surface area contributed by atoms with Crippen LogP contribution in [0, 0.1) is 6.92 Å². The minimum absolute atomic E-state index is 0.265. The van der Waals surface area contributed by atoms with Crippen LogP contribution in [0.1, 0.15) is 20.9 Å². The Bertz CT molecular complexity index is 523. The summed E-state index contributed by atoms with van der Waals surface area (Å²) >= 11 is 1.51. The van der Waals surface area contributed by atoms with E-state index in [1.54, 1.807) is 31.3 Å². The van der Waals surface area contributed by atoms with Gasteiger partial charge in [-0.3, -0.25) is 0 Å². The van der Waals surface area contributed by atoms with Gasteiger partial charge >= 0.3 is 5.97 Å². The third-order valence-electron chi connectivity index (χ3n) is 2.35. The first-order valence-corrected chi connectivity index (χ1v) is 5.90. The van der Waals surface area contributed by atoms with Crippen molar-refractivity contribution in [2.45, 2.75) is 13.5 Å². The summed E-state index contributed by atoms with van der Waals surface area (Å²) in [6, 6.07) is 5.00. The summed E-state index contributed by atoms with van der Waals surface area (Å²) in [7, 11) is 0. The second-order valence-corrected chi connectivity index (χ2v) is 4.43. The number of hydrogen-bond donors (Lipinski definition) is 1. The Labute approximate surface area is 103 Å². The zero-order chi connectivity index (χ0) is 12.3. The van der Waals surface area contributed by atoms with Crippen LogP contribution in [0.3, 0.4) is 0 Å². The number of nitrogens with zero attached hydrogens (tertiary/aromatic N) is 1. The van der Waals surface area contributed by atoms with Gasteiger partial charge in [0.2, 0.25) is 0 Å². The van der Waals surface area contributed by atoms with Crippen LogP contribution in [-0.4, -0.2) is 16.1 Å². The van der Waals surface area contributed by atoms with E-state index in [1.807, 2.05) is 5.38 Å². The topological polar surface area (TPSA) is 59.4 Å². The van der Waals surface area contributed by atoms with Crippen LogP contribution >= 0.6 is 11.3 Å². The van der Waals surface area contributed by atoms with E-state index in [4.69, 9.17) is 9.84 Å². The number of carbonyl (C=O) groups is 1. The maximum atomic E-state index is 10.9. The van der Waals surface area contributed by atoms with Crippen LogP contribution in [-0.2, 0) is 6.61 Å². The fourth-order valence-electron chi connectivity index (χ4n) is 1.47. The van der Waals surface area contributed by atoms with E-state index in [1.165, 1.54) is 11.3 Å². The molecule has 0 unspecified atom stereocenters. The lowest BCUT2D eigenvalue weighted by molar-refractivity contribution is 0.0695. The van der Waals surface area contributed by atoms with Crippen molar-refractivity contribution in [2.24, 2.45) is 0 Å². The molecular weight excluding hydrogens is 238 g/mol. The molecule has 0 aliphatic carbocycles. The summed E-state index contributed by atoms with van der Waals surface area (Å²) in [5.41, 5.74) is 0.901. The molecule has 17 heavy (non-hydrogen) atoms. The Kier molecular flexibility index (Phi) is 3.39. The number of aromatic carboxylic acids is 1. The van der Waals surface area contributed by atoms with Gasteiger partial charge in [0.15, 0.2) is 0 Å². The average Bonchev–Trinajstić information content (AvgIpc) is 2.80. The predicted molar refractivity (Wildman–Crippen MR) is 64.6 cm³/mol. The molecule has 0 fully saturated rings. The van der Waals surface area contributed by atoms with Gasteiger partial charge < -0.3 is 9.84 Å². The highest BCUT2D eigenvalue weighted by Gasteiger charge is 2.11. The fraction of sp³-hybridized carbons (Fsp3) is 0.167. The molecule has 2 aromatic rings. The number of aromatic nitrogens is 1. The molecule has 4 nitrogen and oxygen atoms in total. The van der Waals surface area contributed by atoms with Crippen molar-refractivity contribution in [3.8, 4) is 5.75 Å². The number of rotatable bonds is 4. The summed E-state index contributed by atoms with van der Waals surface area (Å²) in [5, 5.41) is 11.7. The first-order chi connectivity index (χ1) is 8.18. The predicted octanol–water partition coefficient (Wildman–Crippen LogP) is 2.73. The quantitative estimate of drug-likeness (QED) is 0.905. The molecule has 0 spiro atoms. The molecule has 0 saturated carbocycles. The van der Waals surface area contributed by atoms with Crippen molar-refractivity contribution in [2.75, 3.05) is 0 Å². The van der Waals surface area contributed by atoms with Gasteiger partial charge in [0.25, 0.3) is 0 Å². The highest BCUT2D eigenvalue weighted by Crippen LogP contribution is 2.22. The summed E-state index contributed by atoms with van der Waals surface area (Å²) in [6.45, 7) is 2.10. The maximum Gasteiger partial charge on any atom is 0.336 e. The van der Waals surface area contributed by atoms with Crippen LogP contribution in [0.4, 0.5) is 0 Å². The van der Waals surface area contributed by atoms with Gasteiger partial charge in [0, 0.05) is 17.1 Å². The smallest absolute Gasteiger partial charge is 0.336 e. The van der Waals surface area contributed by atoms with Crippen LogP contribution in [0.15, 0.2) is 29.8 Å². The van der Waals surface area contributed by atoms with Gasteiger partial charge in [-0.15, -0.1) is 11.3 Å². The molecule has 88 valence electrons. The Morgan fingerprint density at radius 1 is 1.53 bits per heavy atom. The van der Waals surface area contributed by atoms with E-state index in [0.29, 0.717) is 17.9 Å². The second kappa shape index (κ2) is 4.97. The van der Waals surface area contributed by atoms with E-state index in [2.05, 4.69) is 4.98 Å². The van der Waals surface area contributed by atoms with Gasteiger partial charge in [-0.2, -0.15) is 0 Å². The first-order valence-electron chi connectivity index (χ1n) is 5.02. The molecule has 0 aliphatic heterocycles. The summed E-state index contributed by atoms with van der Waals surface area (Å²) < 4.78 is 5.56. The highest BCUT2D eigenvalue weighted by molar-refractivity contribution is 7.09. The van der Waals surface area contributed by atoms with Crippen molar-refractivity contribution in [1.82, 2.24) is 4.98 Å². The first kappa shape index (κ1) is 11.6. The lowest BCUT2D eigenvalue weighted by atomic mass is 10.1. The monoisotopic (exact) mass is 249 g/mol. The number of benzene rings is 1. The molecule has 0 radical (unpaired) electrons. The molecule has 1 heterocycles. The van der Waals surface area contributed by atoms with Gasteiger partial charge in [-0.25, -0.2) is 9.78 Å². The number of ether oxygens (including phenoxy) is 1. The number of thiazole rings is 1. The van der Waals surface area contributed by atoms with Crippen molar-refractivity contribution in [1.29, 1.82) is 0 Å². The largest absolute Gasteiger partial charge is 0.486 e. The lowest BCUT2D eigenvalue weighted by Crippen LogP contribution is -2.03. The number of carboxylic acids is 1. The van der Waals surface area contributed by atoms with E-state index in [9.17, 15) is 4.79 Å². The molecule has 0 saturated heterocycles. The van der Waals surface area contributed by atoms with Crippen molar-refractivity contribution in [3.63, 3.8) is 0 Å². The van der Waals surface area contributed by atoms with Crippen molar-refractivity contribution in [3.05, 3.63) is 45.9 Å². The molecule has 0 amide bonds. The molecule has 5 heteroatoms. The summed E-state index contributed by atoms with van der Waals surface area (Å²) in [4.78, 5) is 15.0. The van der Waals surface area contributed by atoms with E-state index >= 15 is 0 Å². The Balaban J connectivity index is 2.16. The molecule has 2 rings (SSSR count). The molecule has 0 atom stereocenters. The second-order valence-electron chi connectivity index (χ2n) is 3.45. The van der Waals surface area contributed by atoms with E-state index < -0.39 is 5.97 Å². The third kappa shape index (κ3) is 2.62. The highest BCUT2D eigenvalue weighted by atomic mass is 32.1. The Morgan fingerprint density at radius 2 is 2.35 bits per heavy atom. The number of carboxylic acid groups (broad SMARTS) is 1. The summed E-state index contributed by atoms with van der Waals surface area (Å²) in [5.74, 6) is -0.359. The van der Waals surface area contributed by atoms with Crippen LogP contribution < -0.4 is 4.74 Å². The van der Waals surface area contributed by atoms with Gasteiger partial charge in [-0.1, -0.05) is 6.07 Å². The minimum Gasteiger partial charge on any atom is -0.486 e. The van der Waals surface area contributed by atoms with Gasteiger partial charge in [0.05, 0.1) is 5.56 Å². The summed E-state index contributed by atoms with van der Waals surface area (Å²) in [6.07, 6.45) is 1.71. The van der Waals surface area contributed by atoms with Crippen LogP contribution in [0.2, 0.25) is 0 Å². The van der Waals surface area contributed by atoms with E-state index in [0.717, 1.165) is 5.01 Å². The zero-order valence-corrected chi connectivity index (χ0v) is 10.0. The normalized spacial score (nSPS) is 10.2. The van der Waals surface area contributed by atoms with Crippen LogP contribution in [0.25, 0.3) is 0 Å². The zero-order valence-electron chi connectivity index (χ0n) is 9.21. The third-order valence-corrected chi connectivity index (χ3v) is 3.10. The van der Waals surface area contributed by atoms with Crippen LogP contribution in [0.5, 0.6) is 5.75 Å². The van der Waals surface area contributed by atoms with Gasteiger partial charge in [-0.05, 0) is 19.1 Å². The molecule has 0 aliphatic rings. The molecular formula is C12H11NO3S. The molecule has 1 aromatic heterocycles. The average molecular weight is 249 g/mol. The number of hydrogen-bond acceptors (Lipinski definition) is 4. The van der Waals surface area contributed by atoms with E-state index in [-0.39, 0.29) is 5.56 Å². The molecule has 0 bridgehead atoms. The van der Waals surface area contributed by atoms with Gasteiger partial charge in [0.1, 0.15) is 17.4 Å². The lowest BCUT2D eigenvalue weighted by Gasteiger charge is -2.09. The van der Waals surface area contributed by atoms with Crippen molar-refractivity contribution >= 4 is 17.3 Å². The fourth-order valence-corrected chi connectivity index (χ4v) is 1.99. The minimum atomic E-state index is -0.942. The maximum absolute atomic E-state index is 10.9. The SMILES string of the molecule is Cc1c(OCc2nccs2)cccc1C(=O)O. The van der Waals surface area contributed by atoms with Crippen molar-refractivity contribution < 1.29 is 14.6 Å². The Hall–Kier alpha value is -1.88.